The van der Waals surface area contributed by atoms with E-state index in [4.69, 9.17) is 4.74 Å². The van der Waals surface area contributed by atoms with Crippen molar-refractivity contribution in [3.05, 3.63) is 60.2 Å². The number of nitrogens with one attached hydrogen (secondary N) is 2. The van der Waals surface area contributed by atoms with Crippen molar-refractivity contribution in [2.24, 2.45) is 5.92 Å². The molecule has 0 aromatic heterocycles. The SMILES string of the molecule is O=C(Nc1cccc(OCc2ccccc2)c1)C1CCCNC1. The largest absolute Gasteiger partial charge is 0.489 e. The molecule has 1 aliphatic rings. The Bertz CT molecular complexity index is 637. The number of ether oxygens (including phenoxy) is 1. The Labute approximate surface area is 136 Å². The van der Waals surface area contributed by atoms with Gasteiger partial charge in [-0.25, -0.2) is 0 Å². The maximum Gasteiger partial charge on any atom is 0.228 e. The molecule has 1 saturated heterocycles. The Kier molecular flexibility index (Phi) is 5.27. The molecule has 4 nitrogen and oxygen atoms in total. The van der Waals surface area contributed by atoms with Crippen molar-refractivity contribution in [1.29, 1.82) is 0 Å². The molecule has 1 atom stereocenters. The molecule has 0 radical (unpaired) electrons. The van der Waals surface area contributed by atoms with Gasteiger partial charge in [0.1, 0.15) is 12.4 Å². The number of carbonyl (C=O) groups is 1. The number of hydrogen-bond donors (Lipinski definition) is 2. The molecule has 1 aliphatic heterocycles. The summed E-state index contributed by atoms with van der Waals surface area (Å²) in [5.74, 6) is 0.892. The molecule has 3 rings (SSSR count). The number of anilines is 1. The average Bonchev–Trinajstić information content (AvgIpc) is 2.62. The normalized spacial score (nSPS) is 17.5. The zero-order valence-corrected chi connectivity index (χ0v) is 13.1. The van der Waals surface area contributed by atoms with Crippen LogP contribution in [0.2, 0.25) is 0 Å². The van der Waals surface area contributed by atoms with Gasteiger partial charge in [0.25, 0.3) is 0 Å². The minimum Gasteiger partial charge on any atom is -0.489 e. The number of amides is 1. The van der Waals surface area contributed by atoms with Gasteiger partial charge in [-0.15, -0.1) is 0 Å². The number of rotatable bonds is 5. The quantitative estimate of drug-likeness (QED) is 0.891. The van der Waals surface area contributed by atoms with Crippen LogP contribution in [0.5, 0.6) is 5.75 Å². The predicted molar refractivity (Wildman–Crippen MR) is 91.4 cm³/mol. The highest BCUT2D eigenvalue weighted by Crippen LogP contribution is 2.20. The zero-order valence-electron chi connectivity index (χ0n) is 13.1. The van der Waals surface area contributed by atoms with E-state index in [-0.39, 0.29) is 11.8 Å². The summed E-state index contributed by atoms with van der Waals surface area (Å²) in [6, 6.07) is 17.6. The topological polar surface area (TPSA) is 50.4 Å². The molecule has 0 saturated carbocycles. The van der Waals surface area contributed by atoms with Crippen LogP contribution in [0.4, 0.5) is 5.69 Å². The van der Waals surface area contributed by atoms with Gasteiger partial charge in [-0.3, -0.25) is 4.79 Å². The lowest BCUT2D eigenvalue weighted by atomic mass is 9.99. The average molecular weight is 310 g/mol. The van der Waals surface area contributed by atoms with Gasteiger partial charge in [-0.1, -0.05) is 36.4 Å². The van der Waals surface area contributed by atoms with Crippen LogP contribution in [-0.2, 0) is 11.4 Å². The van der Waals surface area contributed by atoms with Crippen molar-refractivity contribution in [2.75, 3.05) is 18.4 Å². The molecule has 120 valence electrons. The van der Waals surface area contributed by atoms with E-state index in [1.807, 2.05) is 54.6 Å². The first-order chi connectivity index (χ1) is 11.3. The van der Waals surface area contributed by atoms with E-state index in [0.29, 0.717) is 6.61 Å². The number of hydrogen-bond acceptors (Lipinski definition) is 3. The Morgan fingerprint density at radius 2 is 2.04 bits per heavy atom. The van der Waals surface area contributed by atoms with Gasteiger partial charge in [0.2, 0.25) is 5.91 Å². The van der Waals surface area contributed by atoms with E-state index >= 15 is 0 Å². The molecule has 4 heteroatoms. The van der Waals surface area contributed by atoms with E-state index in [0.717, 1.165) is 42.9 Å². The van der Waals surface area contributed by atoms with Crippen LogP contribution in [0.1, 0.15) is 18.4 Å². The van der Waals surface area contributed by atoms with Gasteiger partial charge in [0, 0.05) is 18.3 Å². The number of carbonyl (C=O) groups excluding carboxylic acids is 1. The van der Waals surface area contributed by atoms with Crippen LogP contribution in [-0.4, -0.2) is 19.0 Å². The molecule has 0 aliphatic carbocycles. The van der Waals surface area contributed by atoms with Crippen molar-refractivity contribution < 1.29 is 9.53 Å². The Morgan fingerprint density at radius 1 is 1.17 bits per heavy atom. The third-order valence-electron chi connectivity index (χ3n) is 4.02. The Balaban J connectivity index is 1.57. The molecule has 1 unspecified atom stereocenters. The summed E-state index contributed by atoms with van der Waals surface area (Å²) in [5.41, 5.74) is 1.90. The molecule has 2 N–H and O–H groups in total. The fourth-order valence-corrected chi connectivity index (χ4v) is 2.72. The molecule has 2 aromatic carbocycles. The van der Waals surface area contributed by atoms with Gasteiger partial charge < -0.3 is 15.4 Å². The summed E-state index contributed by atoms with van der Waals surface area (Å²) in [6.45, 7) is 2.29. The van der Waals surface area contributed by atoms with Crippen molar-refractivity contribution in [3.8, 4) is 5.75 Å². The van der Waals surface area contributed by atoms with Gasteiger partial charge in [-0.05, 0) is 37.1 Å². The number of piperidine rings is 1. The Morgan fingerprint density at radius 3 is 2.83 bits per heavy atom. The zero-order chi connectivity index (χ0) is 15.9. The maximum absolute atomic E-state index is 12.3. The first-order valence-electron chi connectivity index (χ1n) is 8.09. The third kappa shape index (κ3) is 4.57. The van der Waals surface area contributed by atoms with Gasteiger partial charge in [0.05, 0.1) is 5.92 Å². The second kappa shape index (κ2) is 7.79. The molecule has 0 spiro atoms. The van der Waals surface area contributed by atoms with Gasteiger partial charge in [0.15, 0.2) is 0 Å². The smallest absolute Gasteiger partial charge is 0.228 e. The molecular weight excluding hydrogens is 288 g/mol. The molecule has 1 fully saturated rings. The first-order valence-corrected chi connectivity index (χ1v) is 8.09. The highest BCUT2D eigenvalue weighted by molar-refractivity contribution is 5.92. The molecule has 1 heterocycles. The number of benzene rings is 2. The second-order valence-electron chi connectivity index (χ2n) is 5.83. The summed E-state index contributed by atoms with van der Waals surface area (Å²) in [7, 11) is 0. The van der Waals surface area contributed by atoms with E-state index < -0.39 is 0 Å². The molecular formula is C19H22N2O2. The van der Waals surface area contributed by atoms with Crippen LogP contribution >= 0.6 is 0 Å². The fourth-order valence-electron chi connectivity index (χ4n) is 2.72. The third-order valence-corrected chi connectivity index (χ3v) is 4.02. The summed E-state index contributed by atoms with van der Waals surface area (Å²) in [5, 5.41) is 6.26. The summed E-state index contributed by atoms with van der Waals surface area (Å²) in [4.78, 5) is 12.3. The van der Waals surface area contributed by atoms with Gasteiger partial charge in [-0.2, -0.15) is 0 Å². The highest BCUT2D eigenvalue weighted by Gasteiger charge is 2.20. The van der Waals surface area contributed by atoms with Crippen LogP contribution < -0.4 is 15.4 Å². The first kappa shape index (κ1) is 15.6. The van der Waals surface area contributed by atoms with E-state index in [1.54, 1.807) is 0 Å². The van der Waals surface area contributed by atoms with Crippen LogP contribution in [0.3, 0.4) is 0 Å². The lowest BCUT2D eigenvalue weighted by Gasteiger charge is -2.22. The van der Waals surface area contributed by atoms with Crippen LogP contribution in [0.25, 0.3) is 0 Å². The maximum atomic E-state index is 12.3. The van der Waals surface area contributed by atoms with E-state index in [2.05, 4.69) is 10.6 Å². The Hall–Kier alpha value is -2.33. The molecule has 23 heavy (non-hydrogen) atoms. The minimum atomic E-state index is 0.0534. The van der Waals surface area contributed by atoms with E-state index in [1.165, 1.54) is 0 Å². The lowest BCUT2D eigenvalue weighted by molar-refractivity contribution is -0.120. The lowest BCUT2D eigenvalue weighted by Crippen LogP contribution is -2.37. The predicted octanol–water partition coefficient (Wildman–Crippen LogP) is 3.20. The van der Waals surface area contributed by atoms with Crippen molar-refractivity contribution >= 4 is 11.6 Å². The van der Waals surface area contributed by atoms with Gasteiger partial charge >= 0.3 is 0 Å². The van der Waals surface area contributed by atoms with Crippen LogP contribution in [0.15, 0.2) is 54.6 Å². The fraction of sp³-hybridized carbons (Fsp3) is 0.316. The second-order valence-corrected chi connectivity index (χ2v) is 5.83. The molecule has 1 amide bonds. The standard InChI is InChI=1S/C19H22N2O2/c22-19(16-8-5-11-20-13-16)21-17-9-4-10-18(12-17)23-14-15-6-2-1-3-7-15/h1-4,6-7,9-10,12,16,20H,5,8,11,13-14H2,(H,21,22). The summed E-state index contributed by atoms with van der Waals surface area (Å²) >= 11 is 0. The van der Waals surface area contributed by atoms with Crippen molar-refractivity contribution in [2.45, 2.75) is 19.4 Å². The molecule has 0 bridgehead atoms. The minimum absolute atomic E-state index is 0.0534. The van der Waals surface area contributed by atoms with E-state index in [9.17, 15) is 4.79 Å². The summed E-state index contributed by atoms with van der Waals surface area (Å²) in [6.07, 6.45) is 2.00. The van der Waals surface area contributed by atoms with Crippen molar-refractivity contribution in [1.82, 2.24) is 5.32 Å². The monoisotopic (exact) mass is 310 g/mol. The van der Waals surface area contributed by atoms with Crippen LogP contribution in [0, 0.1) is 5.92 Å². The molecule has 2 aromatic rings. The van der Waals surface area contributed by atoms with Crippen molar-refractivity contribution in [3.63, 3.8) is 0 Å². The highest BCUT2D eigenvalue weighted by atomic mass is 16.5. The summed E-state index contributed by atoms with van der Waals surface area (Å²) < 4.78 is 5.80.